The monoisotopic (exact) mass is 265 g/mol. The SMILES string of the molecule is COC(=O)c1ccc([C@@H]2C[C@@H](SC)CCN2)cc1. The van der Waals surface area contributed by atoms with Crippen LogP contribution in [0, 0.1) is 0 Å². The molecule has 0 radical (unpaired) electrons. The number of rotatable bonds is 3. The molecule has 0 aromatic heterocycles. The van der Waals surface area contributed by atoms with Crippen molar-refractivity contribution in [3.05, 3.63) is 35.4 Å². The molecule has 1 aromatic carbocycles. The van der Waals surface area contributed by atoms with Crippen LogP contribution in [-0.4, -0.2) is 31.1 Å². The van der Waals surface area contributed by atoms with E-state index in [0.29, 0.717) is 11.6 Å². The fourth-order valence-corrected chi connectivity index (χ4v) is 3.06. The highest BCUT2D eigenvalue weighted by atomic mass is 32.2. The predicted molar refractivity (Wildman–Crippen MR) is 75.1 cm³/mol. The number of hydrogen-bond acceptors (Lipinski definition) is 4. The largest absolute Gasteiger partial charge is 0.465 e. The van der Waals surface area contributed by atoms with Gasteiger partial charge in [-0.3, -0.25) is 0 Å². The number of esters is 1. The van der Waals surface area contributed by atoms with Crippen LogP contribution in [0.4, 0.5) is 0 Å². The molecule has 0 spiro atoms. The number of ether oxygens (including phenoxy) is 1. The molecule has 0 amide bonds. The van der Waals surface area contributed by atoms with Crippen molar-refractivity contribution in [1.82, 2.24) is 5.32 Å². The molecule has 2 atom stereocenters. The zero-order valence-electron chi connectivity index (χ0n) is 10.8. The minimum atomic E-state index is -0.278. The van der Waals surface area contributed by atoms with Crippen molar-refractivity contribution >= 4 is 17.7 Å². The quantitative estimate of drug-likeness (QED) is 0.853. The van der Waals surface area contributed by atoms with Crippen LogP contribution in [0.2, 0.25) is 0 Å². The van der Waals surface area contributed by atoms with E-state index in [-0.39, 0.29) is 5.97 Å². The van der Waals surface area contributed by atoms with Crippen LogP contribution in [0.25, 0.3) is 0 Å². The highest BCUT2D eigenvalue weighted by Crippen LogP contribution is 2.29. The van der Waals surface area contributed by atoms with Crippen LogP contribution >= 0.6 is 11.8 Å². The maximum Gasteiger partial charge on any atom is 0.337 e. The molecule has 1 aliphatic heterocycles. The van der Waals surface area contributed by atoms with Gasteiger partial charge in [0.05, 0.1) is 12.7 Å². The number of piperidine rings is 1. The summed E-state index contributed by atoms with van der Waals surface area (Å²) in [7, 11) is 1.40. The molecule has 1 aliphatic rings. The lowest BCUT2D eigenvalue weighted by atomic mass is 9.96. The Morgan fingerprint density at radius 3 is 2.72 bits per heavy atom. The number of carbonyl (C=O) groups excluding carboxylic acids is 1. The minimum Gasteiger partial charge on any atom is -0.465 e. The second-order valence-electron chi connectivity index (χ2n) is 4.50. The van der Waals surface area contributed by atoms with Crippen molar-refractivity contribution in [1.29, 1.82) is 0 Å². The molecule has 4 heteroatoms. The number of nitrogens with one attached hydrogen (secondary N) is 1. The van der Waals surface area contributed by atoms with E-state index in [1.165, 1.54) is 19.1 Å². The van der Waals surface area contributed by atoms with Gasteiger partial charge in [-0.25, -0.2) is 4.79 Å². The molecular weight excluding hydrogens is 246 g/mol. The van der Waals surface area contributed by atoms with Gasteiger partial charge in [-0.05, 0) is 43.3 Å². The molecule has 2 rings (SSSR count). The summed E-state index contributed by atoms with van der Waals surface area (Å²) >= 11 is 1.94. The third-order valence-corrected chi connectivity index (χ3v) is 4.52. The third kappa shape index (κ3) is 3.06. The Bertz CT molecular complexity index is 405. The van der Waals surface area contributed by atoms with Crippen LogP contribution < -0.4 is 5.32 Å². The van der Waals surface area contributed by atoms with E-state index in [9.17, 15) is 4.79 Å². The van der Waals surface area contributed by atoms with Crippen LogP contribution in [0.15, 0.2) is 24.3 Å². The first-order valence-electron chi connectivity index (χ1n) is 6.19. The molecule has 0 unspecified atom stereocenters. The van der Waals surface area contributed by atoms with E-state index in [2.05, 4.69) is 11.6 Å². The highest BCUT2D eigenvalue weighted by molar-refractivity contribution is 7.99. The Morgan fingerprint density at radius 2 is 2.11 bits per heavy atom. The summed E-state index contributed by atoms with van der Waals surface area (Å²) < 4.78 is 4.70. The highest BCUT2D eigenvalue weighted by Gasteiger charge is 2.22. The van der Waals surface area contributed by atoms with Gasteiger partial charge in [-0.1, -0.05) is 12.1 Å². The summed E-state index contributed by atoms with van der Waals surface area (Å²) in [6, 6.07) is 8.12. The maximum absolute atomic E-state index is 11.4. The molecule has 0 bridgehead atoms. The molecule has 0 aliphatic carbocycles. The zero-order chi connectivity index (χ0) is 13.0. The first-order chi connectivity index (χ1) is 8.74. The van der Waals surface area contributed by atoms with Crippen LogP contribution in [0.3, 0.4) is 0 Å². The second-order valence-corrected chi connectivity index (χ2v) is 5.64. The number of hydrogen-bond donors (Lipinski definition) is 1. The molecule has 1 heterocycles. The van der Waals surface area contributed by atoms with Crippen LogP contribution in [-0.2, 0) is 4.74 Å². The van der Waals surface area contributed by atoms with Crippen molar-refractivity contribution in [3.63, 3.8) is 0 Å². The van der Waals surface area contributed by atoms with Crippen molar-refractivity contribution < 1.29 is 9.53 Å². The summed E-state index contributed by atoms with van der Waals surface area (Å²) in [5.41, 5.74) is 1.86. The molecular formula is C14H19NO2S. The van der Waals surface area contributed by atoms with Gasteiger partial charge in [0.2, 0.25) is 0 Å². The first kappa shape index (κ1) is 13.4. The molecule has 0 saturated carbocycles. The van der Waals surface area contributed by atoms with Gasteiger partial charge < -0.3 is 10.1 Å². The maximum atomic E-state index is 11.4. The van der Waals surface area contributed by atoms with E-state index in [1.54, 1.807) is 0 Å². The molecule has 1 fully saturated rings. The fourth-order valence-electron chi connectivity index (χ4n) is 2.32. The lowest BCUT2D eigenvalue weighted by molar-refractivity contribution is 0.0600. The van der Waals surface area contributed by atoms with Gasteiger partial charge in [-0.15, -0.1) is 0 Å². The summed E-state index contributed by atoms with van der Waals surface area (Å²) in [5, 5.41) is 4.27. The van der Waals surface area contributed by atoms with Crippen LogP contribution in [0.5, 0.6) is 0 Å². The minimum absolute atomic E-state index is 0.278. The molecule has 18 heavy (non-hydrogen) atoms. The number of carbonyl (C=O) groups is 1. The van der Waals surface area contributed by atoms with Gasteiger partial charge in [-0.2, -0.15) is 11.8 Å². The predicted octanol–water partition coefficient (Wildman–Crippen LogP) is 2.63. The Kier molecular flexibility index (Phi) is 4.66. The molecule has 1 N–H and O–H groups in total. The summed E-state index contributed by atoms with van der Waals surface area (Å²) in [5.74, 6) is -0.278. The molecule has 1 saturated heterocycles. The molecule has 1 aromatic rings. The van der Waals surface area contributed by atoms with Crippen molar-refractivity contribution in [3.8, 4) is 0 Å². The van der Waals surface area contributed by atoms with E-state index < -0.39 is 0 Å². The lowest BCUT2D eigenvalue weighted by Gasteiger charge is -2.29. The average Bonchev–Trinajstić information content (AvgIpc) is 2.46. The Hall–Kier alpha value is -1.00. The Morgan fingerprint density at radius 1 is 1.39 bits per heavy atom. The van der Waals surface area contributed by atoms with E-state index in [0.717, 1.165) is 18.2 Å². The van der Waals surface area contributed by atoms with Gasteiger partial charge in [0.25, 0.3) is 0 Å². The van der Waals surface area contributed by atoms with Gasteiger partial charge in [0, 0.05) is 11.3 Å². The summed E-state index contributed by atoms with van der Waals surface area (Å²) in [6.45, 7) is 1.06. The van der Waals surface area contributed by atoms with E-state index in [1.807, 2.05) is 36.0 Å². The molecule has 98 valence electrons. The van der Waals surface area contributed by atoms with Gasteiger partial charge >= 0.3 is 5.97 Å². The third-order valence-electron chi connectivity index (χ3n) is 3.42. The number of thioether (sulfide) groups is 1. The van der Waals surface area contributed by atoms with Crippen molar-refractivity contribution in [2.75, 3.05) is 19.9 Å². The van der Waals surface area contributed by atoms with Crippen LogP contribution in [0.1, 0.15) is 34.8 Å². The Balaban J connectivity index is 2.07. The summed E-state index contributed by atoms with van der Waals surface area (Å²) in [4.78, 5) is 11.4. The Labute approximate surface area is 112 Å². The number of methoxy groups -OCH3 is 1. The lowest BCUT2D eigenvalue weighted by Crippen LogP contribution is -2.32. The topological polar surface area (TPSA) is 38.3 Å². The van der Waals surface area contributed by atoms with Gasteiger partial charge in [0.1, 0.15) is 0 Å². The smallest absolute Gasteiger partial charge is 0.337 e. The summed E-state index contributed by atoms with van der Waals surface area (Å²) in [6.07, 6.45) is 4.56. The van der Waals surface area contributed by atoms with Crippen molar-refractivity contribution in [2.45, 2.75) is 24.1 Å². The zero-order valence-corrected chi connectivity index (χ0v) is 11.6. The normalized spacial score (nSPS) is 23.7. The molecule has 3 nitrogen and oxygen atoms in total. The van der Waals surface area contributed by atoms with Crippen molar-refractivity contribution in [2.24, 2.45) is 0 Å². The first-order valence-corrected chi connectivity index (χ1v) is 7.48. The fraction of sp³-hybridized carbons (Fsp3) is 0.500. The standard InChI is InChI=1S/C14H19NO2S/c1-17-14(16)11-5-3-10(4-6-11)13-9-12(18-2)7-8-15-13/h3-6,12-13,15H,7-9H2,1-2H3/t12-,13-/m0/s1. The number of benzene rings is 1. The average molecular weight is 265 g/mol. The van der Waals surface area contributed by atoms with E-state index in [4.69, 9.17) is 4.74 Å². The van der Waals surface area contributed by atoms with Gasteiger partial charge in [0.15, 0.2) is 0 Å². The van der Waals surface area contributed by atoms with E-state index >= 15 is 0 Å². The second kappa shape index (κ2) is 6.25.